The van der Waals surface area contributed by atoms with Crippen LogP contribution < -0.4 is 0 Å². The molecule has 5 heteroatoms. The zero-order valence-electron chi connectivity index (χ0n) is 9.15. The molecule has 0 amide bonds. The number of ether oxygens (including phenoxy) is 2. The molecule has 1 atom stereocenters. The number of allylic oxidation sites excluding steroid dienone is 1. The highest BCUT2D eigenvalue weighted by Gasteiger charge is 2.51. The highest BCUT2D eigenvalue weighted by molar-refractivity contribution is 8.21. The first kappa shape index (κ1) is 10.8. The maximum absolute atomic E-state index is 10.9. The van der Waals surface area contributed by atoms with Crippen LogP contribution in [0.1, 0.15) is 19.8 Å². The molecule has 0 aromatic rings. The molecule has 0 N–H and O–H groups in total. The fraction of sp³-hybridized carbons (Fsp3) is 0.727. The third-order valence-electron chi connectivity index (χ3n) is 3.14. The average Bonchev–Trinajstić information content (AvgIpc) is 2.89. The van der Waals surface area contributed by atoms with Crippen LogP contribution in [-0.2, 0) is 14.3 Å². The van der Waals surface area contributed by atoms with Gasteiger partial charge in [0.2, 0.25) is 0 Å². The Labute approximate surface area is 103 Å². The number of hydrogen-bond acceptors (Lipinski definition) is 5. The van der Waals surface area contributed by atoms with E-state index in [2.05, 4.69) is 0 Å². The molecule has 0 saturated carbocycles. The van der Waals surface area contributed by atoms with Gasteiger partial charge < -0.3 is 9.47 Å². The Morgan fingerprint density at radius 2 is 2.12 bits per heavy atom. The lowest BCUT2D eigenvalue weighted by molar-refractivity contribution is -0.135. The number of carbonyl (C=O) groups is 1. The van der Waals surface area contributed by atoms with Crippen molar-refractivity contribution in [3.63, 3.8) is 0 Å². The summed E-state index contributed by atoms with van der Waals surface area (Å²) in [6.07, 6.45) is 2.82. The number of fused-ring (bicyclic) bond motifs is 1. The highest BCUT2D eigenvalue weighted by Crippen LogP contribution is 2.58. The molecule has 0 bridgehead atoms. The second kappa shape index (κ2) is 3.60. The number of rotatable bonds is 1. The summed E-state index contributed by atoms with van der Waals surface area (Å²) in [6.45, 7) is 2.13. The summed E-state index contributed by atoms with van der Waals surface area (Å²) in [5.74, 6) is 4.26. The van der Waals surface area contributed by atoms with Crippen LogP contribution in [0.2, 0.25) is 0 Å². The van der Waals surface area contributed by atoms with E-state index in [1.807, 2.05) is 23.5 Å². The molecule has 0 aromatic heterocycles. The van der Waals surface area contributed by atoms with Gasteiger partial charge in [-0.15, -0.1) is 23.5 Å². The first-order valence-corrected chi connectivity index (χ1v) is 7.44. The van der Waals surface area contributed by atoms with E-state index < -0.39 is 5.60 Å². The lowest BCUT2D eigenvalue weighted by Gasteiger charge is -2.34. The Bertz CT molecular complexity index is 360. The summed E-state index contributed by atoms with van der Waals surface area (Å²) in [7, 11) is 0. The molecule has 88 valence electrons. The second-order valence-corrected chi connectivity index (χ2v) is 7.57. The molecular weight excluding hydrogens is 244 g/mol. The van der Waals surface area contributed by atoms with Crippen molar-refractivity contribution in [2.45, 2.75) is 29.4 Å². The second-order valence-electron chi connectivity index (χ2n) is 4.52. The van der Waals surface area contributed by atoms with Crippen LogP contribution in [0.5, 0.6) is 0 Å². The van der Waals surface area contributed by atoms with Gasteiger partial charge in [0.05, 0.1) is 0 Å². The minimum atomic E-state index is -0.779. The molecule has 2 aliphatic heterocycles. The SMILES string of the molecule is CC1(C=O)COC2=C(CCC23SCCS3)O1. The number of hydrogen-bond donors (Lipinski definition) is 0. The van der Waals surface area contributed by atoms with Gasteiger partial charge >= 0.3 is 0 Å². The largest absolute Gasteiger partial charge is 0.487 e. The zero-order valence-corrected chi connectivity index (χ0v) is 10.8. The maximum atomic E-state index is 10.9. The quantitative estimate of drug-likeness (QED) is 0.674. The normalized spacial score (nSPS) is 35.8. The maximum Gasteiger partial charge on any atom is 0.194 e. The predicted molar refractivity (Wildman–Crippen MR) is 65.4 cm³/mol. The van der Waals surface area contributed by atoms with Gasteiger partial charge in [-0.3, -0.25) is 4.79 Å². The third kappa shape index (κ3) is 1.48. The third-order valence-corrected chi connectivity index (χ3v) is 6.64. The number of aldehydes is 1. The van der Waals surface area contributed by atoms with Gasteiger partial charge in [-0.2, -0.15) is 0 Å². The van der Waals surface area contributed by atoms with Crippen LogP contribution >= 0.6 is 23.5 Å². The van der Waals surface area contributed by atoms with Crippen LogP contribution in [-0.4, -0.2) is 34.1 Å². The average molecular weight is 258 g/mol. The fourth-order valence-electron chi connectivity index (χ4n) is 2.32. The van der Waals surface area contributed by atoms with E-state index in [-0.39, 0.29) is 4.08 Å². The van der Waals surface area contributed by atoms with Crippen molar-refractivity contribution in [1.82, 2.24) is 0 Å². The first-order chi connectivity index (χ1) is 7.68. The van der Waals surface area contributed by atoms with Crippen molar-refractivity contribution in [2.24, 2.45) is 0 Å². The summed E-state index contributed by atoms with van der Waals surface area (Å²) in [6, 6.07) is 0. The van der Waals surface area contributed by atoms with Crippen LogP contribution in [0.3, 0.4) is 0 Å². The Morgan fingerprint density at radius 3 is 2.81 bits per heavy atom. The van der Waals surface area contributed by atoms with Gasteiger partial charge in [-0.05, 0) is 13.3 Å². The van der Waals surface area contributed by atoms with E-state index in [1.165, 1.54) is 11.5 Å². The Balaban J connectivity index is 1.90. The van der Waals surface area contributed by atoms with Gasteiger partial charge in [0, 0.05) is 17.9 Å². The standard InChI is InChI=1S/C11H14O3S2/c1-10(6-12)7-13-9-8(14-10)2-3-11(9)15-4-5-16-11/h6H,2-5,7H2,1H3. The Kier molecular flexibility index (Phi) is 2.44. The van der Waals surface area contributed by atoms with Crippen LogP contribution in [0.25, 0.3) is 0 Å². The number of carbonyl (C=O) groups excluding carboxylic acids is 1. The van der Waals surface area contributed by atoms with Crippen molar-refractivity contribution < 1.29 is 14.3 Å². The molecule has 0 radical (unpaired) electrons. The molecule has 1 spiro atoms. The van der Waals surface area contributed by atoms with Crippen LogP contribution in [0.4, 0.5) is 0 Å². The summed E-state index contributed by atoms with van der Waals surface area (Å²) in [4.78, 5) is 10.9. The molecule has 2 heterocycles. The summed E-state index contributed by atoms with van der Waals surface area (Å²) in [5.41, 5.74) is -0.779. The van der Waals surface area contributed by atoms with E-state index in [0.717, 1.165) is 30.6 Å². The van der Waals surface area contributed by atoms with Crippen molar-refractivity contribution in [3.05, 3.63) is 11.5 Å². The van der Waals surface area contributed by atoms with E-state index in [9.17, 15) is 4.79 Å². The zero-order chi connectivity index (χ0) is 11.2. The van der Waals surface area contributed by atoms with Crippen molar-refractivity contribution >= 4 is 29.8 Å². The molecule has 1 saturated heterocycles. The minimum Gasteiger partial charge on any atom is -0.487 e. The predicted octanol–water partition coefficient (Wildman–Crippen LogP) is 2.17. The lowest BCUT2D eigenvalue weighted by atomic mass is 10.1. The molecule has 1 fully saturated rings. The molecule has 0 aromatic carbocycles. The molecule has 3 nitrogen and oxygen atoms in total. The number of thioether (sulfide) groups is 2. The summed E-state index contributed by atoms with van der Waals surface area (Å²) < 4.78 is 11.7. The molecule has 1 aliphatic carbocycles. The molecular formula is C11H14O3S2. The topological polar surface area (TPSA) is 35.5 Å². The summed E-state index contributed by atoms with van der Waals surface area (Å²) >= 11 is 3.92. The smallest absolute Gasteiger partial charge is 0.194 e. The first-order valence-electron chi connectivity index (χ1n) is 5.47. The van der Waals surface area contributed by atoms with Crippen molar-refractivity contribution in [3.8, 4) is 0 Å². The van der Waals surface area contributed by atoms with Gasteiger partial charge in [0.15, 0.2) is 17.6 Å². The monoisotopic (exact) mass is 258 g/mol. The van der Waals surface area contributed by atoms with E-state index in [4.69, 9.17) is 9.47 Å². The van der Waals surface area contributed by atoms with Gasteiger partial charge in [-0.1, -0.05) is 0 Å². The van der Waals surface area contributed by atoms with Gasteiger partial charge in [0.1, 0.15) is 16.4 Å². The Morgan fingerprint density at radius 1 is 1.38 bits per heavy atom. The minimum absolute atomic E-state index is 0.0968. The molecule has 3 aliphatic rings. The summed E-state index contributed by atoms with van der Waals surface area (Å²) in [5, 5.41) is 0. The van der Waals surface area contributed by atoms with Gasteiger partial charge in [0.25, 0.3) is 0 Å². The van der Waals surface area contributed by atoms with Crippen LogP contribution in [0, 0.1) is 0 Å². The van der Waals surface area contributed by atoms with Gasteiger partial charge in [-0.25, -0.2) is 0 Å². The highest BCUT2D eigenvalue weighted by atomic mass is 32.2. The molecule has 1 unspecified atom stereocenters. The Hall–Kier alpha value is -0.290. The molecule has 16 heavy (non-hydrogen) atoms. The van der Waals surface area contributed by atoms with Crippen molar-refractivity contribution in [1.29, 1.82) is 0 Å². The fourth-order valence-corrected chi connectivity index (χ4v) is 5.58. The molecule has 3 rings (SSSR count). The van der Waals surface area contributed by atoms with Crippen LogP contribution in [0.15, 0.2) is 11.5 Å². The van der Waals surface area contributed by atoms with E-state index >= 15 is 0 Å². The van der Waals surface area contributed by atoms with E-state index in [0.29, 0.717) is 6.61 Å². The lowest BCUT2D eigenvalue weighted by Crippen LogP contribution is -2.40. The van der Waals surface area contributed by atoms with E-state index in [1.54, 1.807) is 6.92 Å². The van der Waals surface area contributed by atoms with Crippen molar-refractivity contribution in [2.75, 3.05) is 18.1 Å².